The summed E-state index contributed by atoms with van der Waals surface area (Å²) in [5, 5.41) is 2.71. The Balaban J connectivity index is 1.41. The number of nitrogens with one attached hydrogen (secondary N) is 1. The monoisotopic (exact) mass is 274 g/mol. The molecule has 108 valence electrons. The Morgan fingerprint density at radius 1 is 1.20 bits per heavy atom. The van der Waals surface area contributed by atoms with Crippen molar-refractivity contribution in [3.05, 3.63) is 35.9 Å². The maximum atomic E-state index is 11.0. The van der Waals surface area contributed by atoms with Gasteiger partial charge < -0.3 is 15.0 Å². The van der Waals surface area contributed by atoms with Gasteiger partial charge in [-0.2, -0.15) is 0 Å². The SMILES string of the molecule is O=C1NCC(CCN2CCC(c3ccccc3)CC2)O1. The van der Waals surface area contributed by atoms with E-state index < -0.39 is 0 Å². The highest BCUT2D eigenvalue weighted by Crippen LogP contribution is 2.27. The van der Waals surface area contributed by atoms with Crippen molar-refractivity contribution in [2.75, 3.05) is 26.2 Å². The molecule has 0 saturated carbocycles. The number of cyclic esters (lactones) is 1. The van der Waals surface area contributed by atoms with E-state index in [1.807, 2.05) is 0 Å². The third kappa shape index (κ3) is 3.31. The predicted molar refractivity (Wildman–Crippen MR) is 77.7 cm³/mol. The molecule has 0 radical (unpaired) electrons. The number of hydrogen-bond donors (Lipinski definition) is 1. The molecule has 0 aromatic heterocycles. The number of likely N-dealkylation sites (tertiary alicyclic amines) is 1. The number of carbonyl (C=O) groups is 1. The van der Waals surface area contributed by atoms with Crippen LogP contribution < -0.4 is 5.32 Å². The fourth-order valence-electron chi connectivity index (χ4n) is 3.13. The molecule has 0 aliphatic carbocycles. The Hall–Kier alpha value is -1.55. The van der Waals surface area contributed by atoms with Crippen molar-refractivity contribution in [3.63, 3.8) is 0 Å². The van der Waals surface area contributed by atoms with Gasteiger partial charge >= 0.3 is 6.09 Å². The Kier molecular flexibility index (Phi) is 4.21. The van der Waals surface area contributed by atoms with E-state index >= 15 is 0 Å². The van der Waals surface area contributed by atoms with Gasteiger partial charge in [0.2, 0.25) is 0 Å². The van der Waals surface area contributed by atoms with Crippen LogP contribution in [0.25, 0.3) is 0 Å². The van der Waals surface area contributed by atoms with E-state index in [-0.39, 0.29) is 12.2 Å². The summed E-state index contributed by atoms with van der Waals surface area (Å²) in [5.74, 6) is 0.707. The molecule has 0 bridgehead atoms. The molecule has 2 fully saturated rings. The fraction of sp³-hybridized carbons (Fsp3) is 0.562. The number of amides is 1. The molecule has 4 heteroatoms. The van der Waals surface area contributed by atoms with Crippen molar-refractivity contribution in [2.24, 2.45) is 0 Å². The Labute approximate surface area is 120 Å². The lowest BCUT2D eigenvalue weighted by Crippen LogP contribution is -2.35. The highest BCUT2D eigenvalue weighted by atomic mass is 16.6. The van der Waals surface area contributed by atoms with E-state index in [1.165, 1.54) is 18.4 Å². The van der Waals surface area contributed by atoms with Crippen LogP contribution in [0.4, 0.5) is 4.79 Å². The number of piperidine rings is 1. The number of alkyl carbamates (subject to hydrolysis) is 1. The fourth-order valence-corrected chi connectivity index (χ4v) is 3.13. The summed E-state index contributed by atoms with van der Waals surface area (Å²) in [6.45, 7) is 3.99. The Morgan fingerprint density at radius 3 is 2.60 bits per heavy atom. The highest BCUT2D eigenvalue weighted by Gasteiger charge is 2.25. The van der Waals surface area contributed by atoms with Gasteiger partial charge in [0.05, 0.1) is 6.54 Å². The zero-order valence-electron chi connectivity index (χ0n) is 11.8. The van der Waals surface area contributed by atoms with Crippen LogP contribution >= 0.6 is 0 Å². The van der Waals surface area contributed by atoms with Crippen molar-refractivity contribution in [3.8, 4) is 0 Å². The number of hydrogen-bond acceptors (Lipinski definition) is 3. The Bertz CT molecular complexity index is 441. The molecule has 1 unspecified atom stereocenters. The van der Waals surface area contributed by atoms with E-state index in [9.17, 15) is 4.79 Å². The molecule has 20 heavy (non-hydrogen) atoms. The number of carbonyl (C=O) groups excluding carboxylic acids is 1. The average molecular weight is 274 g/mol. The minimum Gasteiger partial charge on any atom is -0.444 e. The van der Waals surface area contributed by atoms with E-state index in [1.54, 1.807) is 0 Å². The average Bonchev–Trinajstić information content (AvgIpc) is 2.92. The van der Waals surface area contributed by atoms with Crippen molar-refractivity contribution < 1.29 is 9.53 Å². The normalized spacial score (nSPS) is 24.4. The summed E-state index contributed by atoms with van der Waals surface area (Å²) in [4.78, 5) is 13.4. The van der Waals surface area contributed by atoms with Gasteiger partial charge in [-0.25, -0.2) is 4.79 Å². The van der Waals surface area contributed by atoms with Crippen LogP contribution in [0.2, 0.25) is 0 Å². The lowest BCUT2D eigenvalue weighted by Gasteiger charge is -2.32. The topological polar surface area (TPSA) is 41.6 Å². The van der Waals surface area contributed by atoms with Crippen LogP contribution in [0, 0.1) is 0 Å². The summed E-state index contributed by atoms with van der Waals surface area (Å²) in [6.07, 6.45) is 3.20. The number of rotatable bonds is 4. The first-order valence-electron chi connectivity index (χ1n) is 7.53. The van der Waals surface area contributed by atoms with E-state index in [4.69, 9.17) is 4.74 Å². The maximum absolute atomic E-state index is 11.0. The van der Waals surface area contributed by atoms with Crippen LogP contribution in [0.3, 0.4) is 0 Å². The van der Waals surface area contributed by atoms with Gasteiger partial charge in [0.25, 0.3) is 0 Å². The molecule has 0 spiro atoms. The molecule has 1 aromatic carbocycles. The van der Waals surface area contributed by atoms with Gasteiger partial charge in [-0.1, -0.05) is 30.3 Å². The second-order valence-electron chi connectivity index (χ2n) is 5.72. The summed E-state index contributed by atoms with van der Waals surface area (Å²) in [6, 6.07) is 10.8. The molecule has 1 amide bonds. The largest absolute Gasteiger partial charge is 0.444 e. The molecule has 2 saturated heterocycles. The number of benzene rings is 1. The quantitative estimate of drug-likeness (QED) is 0.916. The molecule has 2 aliphatic heterocycles. The van der Waals surface area contributed by atoms with Crippen LogP contribution in [0.15, 0.2) is 30.3 Å². The van der Waals surface area contributed by atoms with Crippen LogP contribution in [-0.4, -0.2) is 43.3 Å². The number of nitrogens with zero attached hydrogens (tertiary/aromatic N) is 1. The summed E-state index contributed by atoms with van der Waals surface area (Å²) < 4.78 is 5.17. The minimum atomic E-state index is -0.266. The van der Waals surface area contributed by atoms with Crippen molar-refractivity contribution in [1.82, 2.24) is 10.2 Å². The van der Waals surface area contributed by atoms with Crippen molar-refractivity contribution >= 4 is 6.09 Å². The summed E-state index contributed by atoms with van der Waals surface area (Å²) in [5.41, 5.74) is 1.47. The lowest BCUT2D eigenvalue weighted by molar-refractivity contribution is 0.120. The zero-order chi connectivity index (χ0) is 13.8. The molecule has 3 rings (SSSR count). The van der Waals surface area contributed by atoms with Gasteiger partial charge in [-0.3, -0.25) is 0 Å². The van der Waals surface area contributed by atoms with Crippen LogP contribution in [-0.2, 0) is 4.74 Å². The summed E-state index contributed by atoms with van der Waals surface area (Å²) in [7, 11) is 0. The third-order valence-electron chi connectivity index (χ3n) is 4.37. The molecular weight excluding hydrogens is 252 g/mol. The first-order chi connectivity index (χ1) is 9.81. The smallest absolute Gasteiger partial charge is 0.407 e. The molecule has 4 nitrogen and oxygen atoms in total. The van der Waals surface area contributed by atoms with E-state index in [0.717, 1.165) is 26.1 Å². The Morgan fingerprint density at radius 2 is 1.95 bits per heavy atom. The highest BCUT2D eigenvalue weighted by molar-refractivity contribution is 5.69. The van der Waals surface area contributed by atoms with Gasteiger partial charge in [0.15, 0.2) is 0 Å². The maximum Gasteiger partial charge on any atom is 0.407 e. The predicted octanol–water partition coefficient (Wildman–Crippen LogP) is 2.36. The first-order valence-corrected chi connectivity index (χ1v) is 7.53. The van der Waals surface area contributed by atoms with Gasteiger partial charge in [0, 0.05) is 6.54 Å². The van der Waals surface area contributed by atoms with Crippen molar-refractivity contribution in [1.29, 1.82) is 0 Å². The van der Waals surface area contributed by atoms with Gasteiger partial charge in [-0.05, 0) is 43.8 Å². The van der Waals surface area contributed by atoms with Crippen LogP contribution in [0.5, 0.6) is 0 Å². The van der Waals surface area contributed by atoms with Gasteiger partial charge in [0.1, 0.15) is 6.10 Å². The standard InChI is InChI=1S/C16H22N2O2/c19-16-17-12-15(20-16)8-11-18-9-6-14(7-10-18)13-4-2-1-3-5-13/h1-5,14-15H,6-12H2,(H,17,19). The van der Waals surface area contributed by atoms with E-state index in [2.05, 4.69) is 40.5 Å². The van der Waals surface area contributed by atoms with E-state index in [0.29, 0.717) is 12.5 Å². The molecule has 1 aromatic rings. The third-order valence-corrected chi connectivity index (χ3v) is 4.37. The molecule has 2 heterocycles. The lowest BCUT2D eigenvalue weighted by atomic mass is 9.89. The second kappa shape index (κ2) is 6.27. The molecule has 1 N–H and O–H groups in total. The first kappa shape index (κ1) is 13.4. The molecule has 2 aliphatic rings. The second-order valence-corrected chi connectivity index (χ2v) is 5.72. The minimum absolute atomic E-state index is 0.0642. The number of ether oxygens (including phenoxy) is 1. The van der Waals surface area contributed by atoms with Gasteiger partial charge in [-0.15, -0.1) is 0 Å². The summed E-state index contributed by atoms with van der Waals surface area (Å²) >= 11 is 0. The van der Waals surface area contributed by atoms with Crippen molar-refractivity contribution in [2.45, 2.75) is 31.3 Å². The van der Waals surface area contributed by atoms with Crippen LogP contribution in [0.1, 0.15) is 30.7 Å². The molecular formula is C16H22N2O2. The molecule has 1 atom stereocenters. The zero-order valence-corrected chi connectivity index (χ0v) is 11.8.